The predicted octanol–water partition coefficient (Wildman–Crippen LogP) is 6.52. The van der Waals surface area contributed by atoms with Crippen LogP contribution in [-0.2, 0) is 19.3 Å². The van der Waals surface area contributed by atoms with E-state index in [1.54, 1.807) is 25.1 Å². The summed E-state index contributed by atoms with van der Waals surface area (Å²) in [6.07, 6.45) is 2.06. The summed E-state index contributed by atoms with van der Waals surface area (Å²) in [4.78, 5) is 0. The van der Waals surface area contributed by atoms with Gasteiger partial charge in [0.15, 0.2) is 11.6 Å². The minimum Gasteiger partial charge on any atom is -0.491 e. The lowest BCUT2D eigenvalue weighted by Crippen LogP contribution is -1.99. The summed E-state index contributed by atoms with van der Waals surface area (Å²) in [6.45, 7) is 3.98. The van der Waals surface area contributed by atoms with Crippen LogP contribution >= 0.6 is 0 Å². The SMILES string of the molecule is CCOc1ccc(-c2ccc(CCc3ccc(CC)cc3F)cc2)c(F)c1F. The minimum atomic E-state index is -0.977. The van der Waals surface area contributed by atoms with E-state index in [1.807, 2.05) is 31.2 Å². The first-order valence-corrected chi connectivity index (χ1v) is 9.50. The van der Waals surface area contributed by atoms with Crippen LogP contribution in [0.5, 0.6) is 5.75 Å². The number of halogens is 3. The Morgan fingerprint density at radius 3 is 2.11 bits per heavy atom. The van der Waals surface area contributed by atoms with E-state index in [4.69, 9.17) is 4.74 Å². The van der Waals surface area contributed by atoms with Crippen LogP contribution in [0.2, 0.25) is 0 Å². The van der Waals surface area contributed by atoms with Crippen molar-refractivity contribution in [1.29, 1.82) is 0 Å². The summed E-state index contributed by atoms with van der Waals surface area (Å²) in [7, 11) is 0. The summed E-state index contributed by atoms with van der Waals surface area (Å²) in [5.41, 5.74) is 3.45. The number of hydrogen-bond acceptors (Lipinski definition) is 1. The lowest BCUT2D eigenvalue weighted by atomic mass is 9.99. The van der Waals surface area contributed by atoms with Gasteiger partial charge in [-0.15, -0.1) is 0 Å². The summed E-state index contributed by atoms with van der Waals surface area (Å²) in [6, 6.07) is 15.6. The fourth-order valence-corrected chi connectivity index (χ4v) is 3.17. The molecule has 0 spiro atoms. The van der Waals surface area contributed by atoms with E-state index in [0.29, 0.717) is 24.0 Å². The van der Waals surface area contributed by atoms with Gasteiger partial charge in [-0.2, -0.15) is 4.39 Å². The fraction of sp³-hybridized carbons (Fsp3) is 0.250. The summed E-state index contributed by atoms with van der Waals surface area (Å²) >= 11 is 0. The van der Waals surface area contributed by atoms with Crippen LogP contribution in [0.1, 0.15) is 30.5 Å². The van der Waals surface area contributed by atoms with Crippen LogP contribution in [0.25, 0.3) is 11.1 Å². The van der Waals surface area contributed by atoms with Crippen molar-refractivity contribution in [3.63, 3.8) is 0 Å². The molecule has 3 rings (SSSR count). The van der Waals surface area contributed by atoms with Gasteiger partial charge in [0.1, 0.15) is 5.82 Å². The van der Waals surface area contributed by atoms with Crippen molar-refractivity contribution in [3.05, 3.63) is 88.7 Å². The molecule has 0 saturated heterocycles. The largest absolute Gasteiger partial charge is 0.491 e. The van der Waals surface area contributed by atoms with Crippen LogP contribution in [0, 0.1) is 17.5 Å². The third-order valence-corrected chi connectivity index (χ3v) is 4.82. The van der Waals surface area contributed by atoms with Gasteiger partial charge in [0.25, 0.3) is 0 Å². The third kappa shape index (κ3) is 4.38. The van der Waals surface area contributed by atoms with Gasteiger partial charge in [-0.1, -0.05) is 43.3 Å². The van der Waals surface area contributed by atoms with Crippen LogP contribution < -0.4 is 4.74 Å². The number of benzene rings is 3. The van der Waals surface area contributed by atoms with Crippen molar-refractivity contribution in [1.82, 2.24) is 0 Å². The highest BCUT2D eigenvalue weighted by atomic mass is 19.2. The summed E-state index contributed by atoms with van der Waals surface area (Å²) in [5, 5.41) is 0. The highest BCUT2D eigenvalue weighted by molar-refractivity contribution is 5.65. The average molecular weight is 384 g/mol. The fourth-order valence-electron chi connectivity index (χ4n) is 3.17. The second-order valence-corrected chi connectivity index (χ2v) is 6.65. The van der Waals surface area contributed by atoms with E-state index in [9.17, 15) is 13.2 Å². The molecule has 0 amide bonds. The lowest BCUT2D eigenvalue weighted by Gasteiger charge is -2.10. The van der Waals surface area contributed by atoms with Crippen LogP contribution in [0.3, 0.4) is 0 Å². The van der Waals surface area contributed by atoms with Crippen LogP contribution in [0.15, 0.2) is 54.6 Å². The normalized spacial score (nSPS) is 10.9. The molecule has 0 unspecified atom stereocenters. The molecule has 146 valence electrons. The highest BCUT2D eigenvalue weighted by Crippen LogP contribution is 2.30. The first kappa shape index (κ1) is 20.0. The first-order chi connectivity index (χ1) is 13.5. The molecule has 0 aliphatic rings. The zero-order chi connectivity index (χ0) is 20.1. The van der Waals surface area contributed by atoms with Gasteiger partial charge in [0, 0.05) is 5.56 Å². The van der Waals surface area contributed by atoms with Gasteiger partial charge in [-0.25, -0.2) is 8.78 Å². The Kier molecular flexibility index (Phi) is 6.40. The number of aryl methyl sites for hydroxylation is 3. The Morgan fingerprint density at radius 2 is 1.46 bits per heavy atom. The van der Waals surface area contributed by atoms with E-state index < -0.39 is 11.6 Å². The molecule has 3 aromatic carbocycles. The number of hydrogen-bond donors (Lipinski definition) is 0. The van der Waals surface area contributed by atoms with Gasteiger partial charge >= 0.3 is 0 Å². The minimum absolute atomic E-state index is 0.0866. The van der Waals surface area contributed by atoms with Crippen LogP contribution in [0.4, 0.5) is 13.2 Å². The Bertz CT molecular complexity index is 949. The predicted molar refractivity (Wildman–Crippen MR) is 106 cm³/mol. The van der Waals surface area contributed by atoms with Crippen LogP contribution in [-0.4, -0.2) is 6.61 Å². The van der Waals surface area contributed by atoms with Gasteiger partial charge in [0.05, 0.1) is 6.61 Å². The maximum atomic E-state index is 14.4. The molecule has 4 heteroatoms. The van der Waals surface area contributed by atoms with Crippen molar-refractivity contribution in [2.75, 3.05) is 6.61 Å². The molecule has 0 N–H and O–H groups in total. The van der Waals surface area contributed by atoms with Crippen molar-refractivity contribution in [3.8, 4) is 16.9 Å². The molecule has 3 aromatic rings. The molecule has 0 aromatic heterocycles. The molecule has 0 aliphatic heterocycles. The van der Waals surface area contributed by atoms with Gasteiger partial charge in [-0.3, -0.25) is 0 Å². The molecular weight excluding hydrogens is 361 g/mol. The molecule has 0 radical (unpaired) electrons. The topological polar surface area (TPSA) is 9.23 Å². The zero-order valence-corrected chi connectivity index (χ0v) is 16.1. The standard InChI is InChI=1S/C24H23F3O/c1-3-16-5-11-19(21(25)15-16)12-8-17-6-9-18(10-7-17)20-13-14-22(28-4-2)24(27)23(20)26/h5-7,9-11,13-15H,3-4,8,12H2,1-2H3. The Hall–Kier alpha value is -2.75. The quantitative estimate of drug-likeness (QED) is 0.451. The molecule has 28 heavy (non-hydrogen) atoms. The molecule has 0 heterocycles. The Balaban J connectivity index is 1.73. The monoisotopic (exact) mass is 384 g/mol. The zero-order valence-electron chi connectivity index (χ0n) is 16.1. The van der Waals surface area contributed by atoms with Gasteiger partial charge in [-0.05, 0) is 66.6 Å². The van der Waals surface area contributed by atoms with Gasteiger partial charge in [0.2, 0.25) is 5.82 Å². The number of ether oxygens (including phenoxy) is 1. The lowest BCUT2D eigenvalue weighted by molar-refractivity contribution is 0.314. The average Bonchev–Trinajstić information content (AvgIpc) is 2.71. The molecular formula is C24H23F3O. The van der Waals surface area contributed by atoms with E-state index >= 15 is 0 Å². The highest BCUT2D eigenvalue weighted by Gasteiger charge is 2.15. The second-order valence-electron chi connectivity index (χ2n) is 6.65. The van der Waals surface area contributed by atoms with Crippen molar-refractivity contribution in [2.24, 2.45) is 0 Å². The van der Waals surface area contributed by atoms with Crippen molar-refractivity contribution >= 4 is 0 Å². The molecule has 0 bridgehead atoms. The number of rotatable bonds is 7. The molecule has 0 fully saturated rings. The Labute approximate surface area is 163 Å². The molecule has 0 saturated carbocycles. The Morgan fingerprint density at radius 1 is 0.750 bits per heavy atom. The summed E-state index contributed by atoms with van der Waals surface area (Å²) in [5.74, 6) is -2.16. The third-order valence-electron chi connectivity index (χ3n) is 4.82. The van der Waals surface area contributed by atoms with Crippen molar-refractivity contribution < 1.29 is 17.9 Å². The molecule has 0 atom stereocenters. The van der Waals surface area contributed by atoms with E-state index in [0.717, 1.165) is 17.5 Å². The second kappa shape index (κ2) is 8.96. The van der Waals surface area contributed by atoms with E-state index in [-0.39, 0.29) is 23.7 Å². The molecule has 1 nitrogen and oxygen atoms in total. The first-order valence-electron chi connectivity index (χ1n) is 9.50. The van der Waals surface area contributed by atoms with Gasteiger partial charge < -0.3 is 4.74 Å². The maximum absolute atomic E-state index is 14.4. The van der Waals surface area contributed by atoms with E-state index in [1.165, 1.54) is 12.1 Å². The van der Waals surface area contributed by atoms with E-state index in [2.05, 4.69) is 0 Å². The van der Waals surface area contributed by atoms with Crippen molar-refractivity contribution in [2.45, 2.75) is 33.1 Å². The maximum Gasteiger partial charge on any atom is 0.201 e. The molecule has 0 aliphatic carbocycles. The summed E-state index contributed by atoms with van der Waals surface area (Å²) < 4.78 is 47.6. The smallest absolute Gasteiger partial charge is 0.201 e.